The van der Waals surface area contributed by atoms with E-state index in [4.69, 9.17) is 21.1 Å². The standard InChI is InChI=1S/C11H8ClNO4/c12-9-5-7(1-3-10(9)13(15)16)11-4-2-8(6-14)17-11/h1-5,14H,6H2. The van der Waals surface area contributed by atoms with Crippen LogP contribution in [0.1, 0.15) is 5.76 Å². The molecule has 0 saturated carbocycles. The molecule has 0 aliphatic heterocycles. The van der Waals surface area contributed by atoms with Crippen molar-refractivity contribution < 1.29 is 14.4 Å². The zero-order valence-electron chi connectivity index (χ0n) is 8.59. The Kier molecular flexibility index (Phi) is 3.12. The van der Waals surface area contributed by atoms with Gasteiger partial charge in [-0.25, -0.2) is 0 Å². The van der Waals surface area contributed by atoms with Gasteiger partial charge >= 0.3 is 0 Å². The second-order valence-electron chi connectivity index (χ2n) is 3.35. The smallest absolute Gasteiger partial charge is 0.287 e. The second-order valence-corrected chi connectivity index (χ2v) is 3.75. The summed E-state index contributed by atoms with van der Waals surface area (Å²) in [5.74, 6) is 0.931. The molecular weight excluding hydrogens is 246 g/mol. The van der Waals surface area contributed by atoms with Gasteiger partial charge in [-0.15, -0.1) is 0 Å². The third-order valence-electron chi connectivity index (χ3n) is 2.25. The van der Waals surface area contributed by atoms with Crippen LogP contribution in [0.15, 0.2) is 34.7 Å². The highest BCUT2D eigenvalue weighted by Crippen LogP contribution is 2.30. The van der Waals surface area contributed by atoms with E-state index >= 15 is 0 Å². The van der Waals surface area contributed by atoms with Crippen molar-refractivity contribution in [3.63, 3.8) is 0 Å². The molecule has 0 unspecified atom stereocenters. The van der Waals surface area contributed by atoms with E-state index in [2.05, 4.69) is 0 Å². The molecule has 6 heteroatoms. The summed E-state index contributed by atoms with van der Waals surface area (Å²) < 4.78 is 5.30. The predicted molar refractivity (Wildman–Crippen MR) is 61.7 cm³/mol. The topological polar surface area (TPSA) is 76.5 Å². The monoisotopic (exact) mass is 253 g/mol. The van der Waals surface area contributed by atoms with E-state index in [1.54, 1.807) is 18.2 Å². The maximum atomic E-state index is 10.6. The largest absolute Gasteiger partial charge is 0.459 e. The maximum absolute atomic E-state index is 10.6. The van der Waals surface area contributed by atoms with Crippen LogP contribution in [0.3, 0.4) is 0 Å². The van der Waals surface area contributed by atoms with Gasteiger partial charge in [-0.3, -0.25) is 10.1 Å². The van der Waals surface area contributed by atoms with Crippen molar-refractivity contribution in [3.8, 4) is 11.3 Å². The molecule has 1 N–H and O–H groups in total. The normalized spacial score (nSPS) is 10.5. The zero-order valence-corrected chi connectivity index (χ0v) is 9.35. The third-order valence-corrected chi connectivity index (χ3v) is 2.55. The van der Waals surface area contributed by atoms with Gasteiger partial charge in [0.1, 0.15) is 23.2 Å². The Morgan fingerprint density at radius 3 is 2.65 bits per heavy atom. The van der Waals surface area contributed by atoms with Gasteiger partial charge in [0.15, 0.2) is 0 Å². The Bertz CT molecular complexity index is 564. The fourth-order valence-corrected chi connectivity index (χ4v) is 1.68. The lowest BCUT2D eigenvalue weighted by atomic mass is 10.1. The second kappa shape index (κ2) is 4.57. The number of nitrogens with zero attached hydrogens (tertiary/aromatic N) is 1. The van der Waals surface area contributed by atoms with E-state index < -0.39 is 4.92 Å². The Labute approximate surface area is 101 Å². The van der Waals surface area contributed by atoms with E-state index in [1.165, 1.54) is 12.1 Å². The molecule has 0 radical (unpaired) electrons. The highest BCUT2D eigenvalue weighted by atomic mass is 35.5. The molecule has 2 aromatic rings. The molecular formula is C11H8ClNO4. The Morgan fingerprint density at radius 1 is 1.35 bits per heavy atom. The van der Waals surface area contributed by atoms with Gasteiger partial charge in [-0.1, -0.05) is 11.6 Å². The number of rotatable bonds is 3. The van der Waals surface area contributed by atoms with Gasteiger partial charge in [-0.05, 0) is 24.3 Å². The van der Waals surface area contributed by atoms with E-state index in [1.807, 2.05) is 0 Å². The van der Waals surface area contributed by atoms with Gasteiger partial charge in [0, 0.05) is 11.6 Å². The van der Waals surface area contributed by atoms with Crippen molar-refractivity contribution in [1.29, 1.82) is 0 Å². The molecule has 0 bridgehead atoms. The summed E-state index contributed by atoms with van der Waals surface area (Å²) in [5.41, 5.74) is 0.477. The van der Waals surface area contributed by atoms with Crippen LogP contribution in [0.25, 0.3) is 11.3 Å². The van der Waals surface area contributed by atoms with Crippen LogP contribution in [-0.4, -0.2) is 10.0 Å². The van der Waals surface area contributed by atoms with Crippen LogP contribution >= 0.6 is 11.6 Å². The number of aliphatic hydroxyl groups excluding tert-OH is 1. The lowest BCUT2D eigenvalue weighted by Crippen LogP contribution is -1.88. The maximum Gasteiger partial charge on any atom is 0.287 e. The summed E-state index contributed by atoms with van der Waals surface area (Å²) in [4.78, 5) is 10.0. The van der Waals surface area contributed by atoms with E-state index in [0.717, 1.165) is 0 Å². The Morgan fingerprint density at radius 2 is 2.12 bits per heavy atom. The van der Waals surface area contributed by atoms with Crippen molar-refractivity contribution in [2.75, 3.05) is 0 Å². The van der Waals surface area contributed by atoms with Crippen molar-refractivity contribution in [1.82, 2.24) is 0 Å². The number of nitro groups is 1. The first-order chi connectivity index (χ1) is 8.11. The fourth-order valence-electron chi connectivity index (χ4n) is 1.43. The van der Waals surface area contributed by atoms with Gasteiger partial charge < -0.3 is 9.52 Å². The minimum atomic E-state index is -0.548. The van der Waals surface area contributed by atoms with Gasteiger partial charge in [-0.2, -0.15) is 0 Å². The zero-order chi connectivity index (χ0) is 12.4. The number of hydrogen-bond acceptors (Lipinski definition) is 4. The van der Waals surface area contributed by atoms with E-state index in [-0.39, 0.29) is 17.3 Å². The number of halogens is 1. The lowest BCUT2D eigenvalue weighted by Gasteiger charge is -1.99. The van der Waals surface area contributed by atoms with Crippen molar-refractivity contribution in [3.05, 3.63) is 51.2 Å². The minimum absolute atomic E-state index is 0.0504. The van der Waals surface area contributed by atoms with Gasteiger partial charge in [0.2, 0.25) is 0 Å². The first-order valence-electron chi connectivity index (χ1n) is 4.75. The molecule has 0 atom stereocenters. The molecule has 0 fully saturated rings. The number of aliphatic hydroxyl groups is 1. The van der Waals surface area contributed by atoms with Crippen molar-refractivity contribution >= 4 is 17.3 Å². The molecule has 1 aromatic carbocycles. The minimum Gasteiger partial charge on any atom is -0.459 e. The molecule has 0 saturated heterocycles. The molecule has 17 heavy (non-hydrogen) atoms. The molecule has 2 rings (SSSR count). The van der Waals surface area contributed by atoms with E-state index in [9.17, 15) is 10.1 Å². The quantitative estimate of drug-likeness (QED) is 0.674. The molecule has 0 spiro atoms. The molecule has 0 aliphatic rings. The Balaban J connectivity index is 2.40. The van der Waals surface area contributed by atoms with Crippen LogP contribution in [0.5, 0.6) is 0 Å². The molecule has 0 amide bonds. The summed E-state index contributed by atoms with van der Waals surface area (Å²) in [5, 5.41) is 19.5. The summed E-state index contributed by atoms with van der Waals surface area (Å²) in [6.07, 6.45) is 0. The molecule has 1 heterocycles. The van der Waals surface area contributed by atoms with Gasteiger partial charge in [0.05, 0.1) is 4.92 Å². The summed E-state index contributed by atoms with van der Waals surface area (Å²) >= 11 is 5.78. The van der Waals surface area contributed by atoms with Crippen LogP contribution in [0.2, 0.25) is 5.02 Å². The highest BCUT2D eigenvalue weighted by molar-refractivity contribution is 6.32. The van der Waals surface area contributed by atoms with Gasteiger partial charge in [0.25, 0.3) is 5.69 Å². The molecule has 0 aliphatic carbocycles. The van der Waals surface area contributed by atoms with Crippen molar-refractivity contribution in [2.45, 2.75) is 6.61 Å². The number of nitro benzene ring substituents is 1. The third kappa shape index (κ3) is 2.30. The summed E-state index contributed by atoms with van der Waals surface area (Å²) in [7, 11) is 0. The van der Waals surface area contributed by atoms with Crippen LogP contribution < -0.4 is 0 Å². The number of furan rings is 1. The molecule has 88 valence electrons. The summed E-state index contributed by atoms with van der Waals surface area (Å²) in [6.45, 7) is -0.194. The van der Waals surface area contributed by atoms with Crippen LogP contribution in [-0.2, 0) is 6.61 Å². The SMILES string of the molecule is O=[N+]([O-])c1ccc(-c2ccc(CO)o2)cc1Cl. The average Bonchev–Trinajstić information content (AvgIpc) is 2.76. The van der Waals surface area contributed by atoms with Crippen LogP contribution in [0, 0.1) is 10.1 Å². The average molecular weight is 254 g/mol. The number of hydrogen-bond donors (Lipinski definition) is 1. The lowest BCUT2D eigenvalue weighted by molar-refractivity contribution is -0.384. The fraction of sp³-hybridized carbons (Fsp3) is 0.0909. The molecule has 1 aromatic heterocycles. The van der Waals surface area contributed by atoms with Crippen molar-refractivity contribution in [2.24, 2.45) is 0 Å². The molecule has 5 nitrogen and oxygen atoms in total. The number of benzene rings is 1. The Hall–Kier alpha value is -1.85. The first kappa shape index (κ1) is 11.6. The van der Waals surface area contributed by atoms with Crippen LogP contribution in [0.4, 0.5) is 5.69 Å². The highest BCUT2D eigenvalue weighted by Gasteiger charge is 2.14. The first-order valence-corrected chi connectivity index (χ1v) is 5.13. The predicted octanol–water partition coefficient (Wildman–Crippen LogP) is 3.00. The summed E-state index contributed by atoms with van der Waals surface area (Å²) in [6, 6.07) is 7.62. The van der Waals surface area contributed by atoms with E-state index in [0.29, 0.717) is 17.1 Å².